The van der Waals surface area contributed by atoms with E-state index in [4.69, 9.17) is 15.0 Å². The van der Waals surface area contributed by atoms with Crippen molar-refractivity contribution in [3.05, 3.63) is 151 Å². The lowest BCUT2D eigenvalue weighted by atomic mass is 9.84. The molecule has 0 aliphatic heterocycles. The first-order valence-corrected chi connectivity index (χ1v) is 17.8. The summed E-state index contributed by atoms with van der Waals surface area (Å²) in [5.41, 5.74) is 13.7. The van der Waals surface area contributed by atoms with Crippen LogP contribution in [0.4, 0.5) is 0 Å². The van der Waals surface area contributed by atoms with Crippen LogP contribution in [0.2, 0.25) is 0 Å². The summed E-state index contributed by atoms with van der Waals surface area (Å²) in [6, 6.07) is 44.1. The zero-order valence-electron chi connectivity index (χ0n) is 30.5. The van der Waals surface area contributed by atoms with E-state index in [1.165, 1.54) is 11.1 Å². The molecule has 2 heterocycles. The molecule has 0 spiro atoms. The highest BCUT2D eigenvalue weighted by molar-refractivity contribution is 5.98. The molecule has 6 aromatic carbocycles. The molecule has 0 saturated carbocycles. The van der Waals surface area contributed by atoms with Gasteiger partial charge in [0.05, 0.1) is 22.1 Å². The van der Waals surface area contributed by atoms with E-state index in [1.807, 2.05) is 24.3 Å². The normalized spacial score (nSPS) is 12.1. The summed E-state index contributed by atoms with van der Waals surface area (Å²) in [6.45, 7) is 13.4. The predicted molar refractivity (Wildman–Crippen MR) is 215 cm³/mol. The van der Waals surface area contributed by atoms with Crippen molar-refractivity contribution in [2.75, 3.05) is 0 Å². The van der Waals surface area contributed by atoms with E-state index in [2.05, 4.69) is 143 Å². The van der Waals surface area contributed by atoms with Crippen molar-refractivity contribution in [2.45, 2.75) is 52.4 Å². The van der Waals surface area contributed by atoms with Crippen LogP contribution in [0.25, 0.3) is 72.5 Å². The van der Waals surface area contributed by atoms with Gasteiger partial charge in [-0.2, -0.15) is 0 Å². The molecule has 0 fully saturated rings. The lowest BCUT2D eigenvalue weighted by Crippen LogP contribution is -2.11. The summed E-state index contributed by atoms with van der Waals surface area (Å²) in [5.74, 6) is 1.03. The van der Waals surface area contributed by atoms with Gasteiger partial charge in [0.2, 0.25) is 0 Å². The Morgan fingerprint density at radius 2 is 1.19 bits per heavy atom. The molecule has 0 atom stereocenters. The number of hydrogen-bond acceptors (Lipinski definition) is 4. The maximum atomic E-state index is 11.3. The third-order valence-electron chi connectivity index (χ3n) is 9.94. The first kappa shape index (κ1) is 33.1. The first-order chi connectivity index (χ1) is 25.0. The average Bonchev–Trinajstić information content (AvgIpc) is 3.54. The van der Waals surface area contributed by atoms with Crippen LogP contribution in [0, 0.1) is 0 Å². The summed E-state index contributed by atoms with van der Waals surface area (Å²) in [6.07, 6.45) is 3.52. The molecule has 5 heteroatoms. The Morgan fingerprint density at radius 1 is 0.500 bits per heavy atom. The van der Waals surface area contributed by atoms with Gasteiger partial charge in [-0.1, -0.05) is 120 Å². The Balaban J connectivity index is 1.36. The van der Waals surface area contributed by atoms with E-state index < -0.39 is 0 Å². The van der Waals surface area contributed by atoms with Crippen molar-refractivity contribution in [3.8, 4) is 56.2 Å². The Labute approximate surface area is 305 Å². The fourth-order valence-corrected chi connectivity index (χ4v) is 7.00. The number of para-hydroxylation sites is 1. The zero-order valence-corrected chi connectivity index (χ0v) is 30.5. The van der Waals surface area contributed by atoms with E-state index in [1.54, 1.807) is 18.5 Å². The third kappa shape index (κ3) is 6.02. The van der Waals surface area contributed by atoms with Gasteiger partial charge in [-0.25, -0.2) is 4.98 Å². The number of imidazole rings is 1. The minimum atomic E-state index is -0.0644. The van der Waals surface area contributed by atoms with Gasteiger partial charge in [-0.3, -0.25) is 14.5 Å². The number of phenols is 1. The van der Waals surface area contributed by atoms with Crippen molar-refractivity contribution >= 4 is 22.1 Å². The molecule has 5 nitrogen and oxygen atoms in total. The van der Waals surface area contributed by atoms with Crippen LogP contribution in [-0.2, 0) is 10.8 Å². The number of hydrogen-bond donors (Lipinski definition) is 1. The Bertz CT molecular complexity index is 2590. The van der Waals surface area contributed by atoms with Gasteiger partial charge >= 0.3 is 0 Å². The van der Waals surface area contributed by atoms with Crippen LogP contribution in [0.15, 0.2) is 140 Å². The number of phenolic OH excluding ortho intramolecular Hbond substituents is 1. The summed E-state index contributed by atoms with van der Waals surface area (Å²) in [5, 5.41) is 11.3. The lowest BCUT2D eigenvalue weighted by molar-refractivity contribution is 0.477. The second kappa shape index (κ2) is 12.6. The van der Waals surface area contributed by atoms with Crippen LogP contribution < -0.4 is 0 Å². The van der Waals surface area contributed by atoms with E-state index in [0.717, 1.165) is 72.5 Å². The zero-order chi connectivity index (χ0) is 36.2. The highest BCUT2D eigenvalue weighted by Gasteiger charge is 2.22. The average molecular weight is 679 g/mol. The van der Waals surface area contributed by atoms with Gasteiger partial charge in [0.25, 0.3) is 0 Å². The maximum Gasteiger partial charge on any atom is 0.145 e. The molecule has 0 radical (unpaired) electrons. The van der Waals surface area contributed by atoms with Crippen molar-refractivity contribution in [2.24, 2.45) is 0 Å². The van der Waals surface area contributed by atoms with Crippen molar-refractivity contribution in [1.29, 1.82) is 0 Å². The van der Waals surface area contributed by atoms with Gasteiger partial charge in [0.1, 0.15) is 11.6 Å². The minimum absolute atomic E-state index is 0.0222. The van der Waals surface area contributed by atoms with E-state index >= 15 is 0 Å². The summed E-state index contributed by atoms with van der Waals surface area (Å²) in [4.78, 5) is 14.9. The summed E-state index contributed by atoms with van der Waals surface area (Å²) >= 11 is 0. The lowest BCUT2D eigenvalue weighted by Gasteiger charge is -2.21. The molecule has 8 aromatic rings. The topological polar surface area (TPSA) is 63.8 Å². The van der Waals surface area contributed by atoms with Gasteiger partial charge in [-0.15, -0.1) is 0 Å². The largest absolute Gasteiger partial charge is 0.507 e. The molecular weight excluding hydrogens is 637 g/mol. The van der Waals surface area contributed by atoms with Gasteiger partial charge in [-0.05, 0) is 87.2 Å². The van der Waals surface area contributed by atoms with Crippen LogP contribution >= 0.6 is 0 Å². The standard InChI is InChI=1S/C47H42N4O/c1-46(2,3)34-19-21-36(22-20-34)51-41-17-11-16-37(39-27-31(18-23-42(39)52)30-12-8-7-9-13-30)44(41)50-45(51)33-15-10-14-32(26-33)38-28-35(47(4,5)6)29-40-43(38)49-25-24-48-40/h7-29,52H,1-6H3. The van der Waals surface area contributed by atoms with Crippen LogP contribution in [-0.4, -0.2) is 24.6 Å². The molecule has 0 aliphatic carbocycles. The molecule has 256 valence electrons. The predicted octanol–water partition coefficient (Wildman–Crippen LogP) is 11.9. The molecule has 0 saturated heterocycles. The van der Waals surface area contributed by atoms with Crippen LogP contribution in [0.3, 0.4) is 0 Å². The smallest absolute Gasteiger partial charge is 0.145 e. The van der Waals surface area contributed by atoms with E-state index in [9.17, 15) is 5.11 Å². The molecule has 52 heavy (non-hydrogen) atoms. The molecular formula is C47H42N4O. The Hall–Kier alpha value is -6.07. The molecule has 2 aromatic heterocycles. The SMILES string of the molecule is CC(C)(C)c1ccc(-n2c(-c3cccc(-c4cc(C(C)(C)C)cc5nccnc45)c3)nc3c(-c4cc(-c5ccccc5)ccc4O)cccc32)cc1. The monoisotopic (exact) mass is 678 g/mol. The molecule has 0 bridgehead atoms. The second-order valence-corrected chi connectivity index (χ2v) is 15.6. The number of benzene rings is 6. The maximum absolute atomic E-state index is 11.3. The molecule has 0 unspecified atom stereocenters. The third-order valence-corrected chi connectivity index (χ3v) is 9.94. The number of nitrogens with zero attached hydrogens (tertiary/aromatic N) is 4. The fourth-order valence-electron chi connectivity index (χ4n) is 7.00. The van der Waals surface area contributed by atoms with E-state index in [-0.39, 0.29) is 16.6 Å². The molecule has 8 rings (SSSR count). The summed E-state index contributed by atoms with van der Waals surface area (Å²) in [7, 11) is 0. The fraction of sp³-hybridized carbons (Fsp3) is 0.170. The van der Waals surface area contributed by atoms with Gasteiger partial charge < -0.3 is 5.11 Å². The van der Waals surface area contributed by atoms with E-state index in [0.29, 0.717) is 0 Å². The van der Waals surface area contributed by atoms with Crippen molar-refractivity contribution < 1.29 is 5.11 Å². The number of fused-ring (bicyclic) bond motifs is 2. The van der Waals surface area contributed by atoms with Crippen molar-refractivity contribution in [1.82, 2.24) is 19.5 Å². The highest BCUT2D eigenvalue weighted by Crippen LogP contribution is 2.41. The Kier molecular flexibility index (Phi) is 8.02. The highest BCUT2D eigenvalue weighted by atomic mass is 16.3. The Morgan fingerprint density at radius 3 is 1.94 bits per heavy atom. The van der Waals surface area contributed by atoms with Crippen LogP contribution in [0.1, 0.15) is 52.7 Å². The van der Waals surface area contributed by atoms with Gasteiger partial charge in [0, 0.05) is 40.3 Å². The second-order valence-electron chi connectivity index (χ2n) is 15.6. The van der Waals surface area contributed by atoms with Crippen LogP contribution in [0.5, 0.6) is 5.75 Å². The molecule has 1 N–H and O–H groups in total. The number of aromatic hydroxyl groups is 1. The quantitative estimate of drug-likeness (QED) is 0.197. The van der Waals surface area contributed by atoms with Gasteiger partial charge in [0.15, 0.2) is 0 Å². The summed E-state index contributed by atoms with van der Waals surface area (Å²) < 4.78 is 2.24. The molecule has 0 amide bonds. The first-order valence-electron chi connectivity index (χ1n) is 17.8. The number of aromatic nitrogens is 4. The minimum Gasteiger partial charge on any atom is -0.507 e. The molecule has 0 aliphatic rings. The van der Waals surface area contributed by atoms with Crippen molar-refractivity contribution in [3.63, 3.8) is 0 Å². The number of rotatable bonds is 5.